The summed E-state index contributed by atoms with van der Waals surface area (Å²) in [6.45, 7) is 6.08. The molecule has 0 saturated heterocycles. The highest BCUT2D eigenvalue weighted by atomic mass is 19.1. The predicted molar refractivity (Wildman–Crippen MR) is 122 cm³/mol. The van der Waals surface area contributed by atoms with E-state index in [1.807, 2.05) is 6.92 Å². The smallest absolute Gasteiger partial charge is 0.417 e. The predicted octanol–water partition coefficient (Wildman–Crippen LogP) is 5.33. The lowest BCUT2D eigenvalue weighted by atomic mass is 10.2. The molecule has 0 aliphatic rings. The summed E-state index contributed by atoms with van der Waals surface area (Å²) in [5, 5.41) is 6.34. The summed E-state index contributed by atoms with van der Waals surface area (Å²) in [6, 6.07) is 8.54. The Morgan fingerprint density at radius 2 is 1.97 bits per heavy atom. The van der Waals surface area contributed by atoms with Gasteiger partial charge in [0.15, 0.2) is 17.1 Å². The molecule has 2 heterocycles. The third-order valence-electron chi connectivity index (χ3n) is 4.89. The van der Waals surface area contributed by atoms with Crippen LogP contribution in [0.2, 0.25) is 0 Å². The Morgan fingerprint density at radius 3 is 2.78 bits per heavy atom. The first-order chi connectivity index (χ1) is 15.4. The second-order valence-electron chi connectivity index (χ2n) is 7.51. The molecule has 0 bridgehead atoms. The van der Waals surface area contributed by atoms with Crippen molar-refractivity contribution in [1.82, 2.24) is 15.0 Å². The molecule has 4 rings (SSSR count). The van der Waals surface area contributed by atoms with E-state index in [9.17, 15) is 9.18 Å². The molecule has 0 atom stereocenters. The normalized spacial score (nSPS) is 11.0. The van der Waals surface area contributed by atoms with Crippen molar-refractivity contribution >= 4 is 34.2 Å². The number of fused-ring (bicyclic) bond motifs is 1. The molecule has 0 aliphatic carbocycles. The number of aromatic nitrogens is 3. The largest absolute Gasteiger partial charge is 0.490 e. The highest BCUT2D eigenvalue weighted by Crippen LogP contribution is 2.28. The number of unbranched alkanes of at least 4 members (excludes halogenated alkanes) is 1. The van der Waals surface area contributed by atoms with Crippen molar-refractivity contribution in [3.8, 4) is 5.75 Å². The summed E-state index contributed by atoms with van der Waals surface area (Å²) in [5.74, 6) is 0.266. The maximum atomic E-state index is 14.4. The van der Waals surface area contributed by atoms with E-state index < -0.39 is 5.76 Å². The Bertz CT molecular complexity index is 1310. The second-order valence-corrected chi connectivity index (χ2v) is 7.51. The van der Waals surface area contributed by atoms with Crippen molar-refractivity contribution in [1.29, 1.82) is 0 Å². The molecule has 0 unspecified atom stereocenters. The van der Waals surface area contributed by atoms with Gasteiger partial charge in [0.05, 0.1) is 12.1 Å². The fourth-order valence-electron chi connectivity index (χ4n) is 3.17. The number of H-pyrrole nitrogens is 1. The van der Waals surface area contributed by atoms with E-state index in [4.69, 9.17) is 9.15 Å². The molecule has 0 saturated carbocycles. The van der Waals surface area contributed by atoms with Crippen LogP contribution in [-0.2, 0) is 0 Å². The summed E-state index contributed by atoms with van der Waals surface area (Å²) >= 11 is 0. The zero-order valence-electron chi connectivity index (χ0n) is 18.1. The number of anilines is 4. The van der Waals surface area contributed by atoms with Crippen molar-refractivity contribution in [2.75, 3.05) is 17.2 Å². The van der Waals surface area contributed by atoms with Crippen molar-refractivity contribution in [2.24, 2.45) is 0 Å². The van der Waals surface area contributed by atoms with Gasteiger partial charge in [0.2, 0.25) is 5.95 Å². The molecule has 0 fully saturated rings. The third-order valence-corrected chi connectivity index (χ3v) is 4.89. The van der Waals surface area contributed by atoms with E-state index in [0.29, 0.717) is 40.7 Å². The first-order valence-electron chi connectivity index (χ1n) is 10.4. The minimum atomic E-state index is -0.505. The van der Waals surface area contributed by atoms with Gasteiger partial charge in [-0.05, 0) is 50.1 Å². The van der Waals surface area contributed by atoms with Crippen LogP contribution in [0.4, 0.5) is 27.5 Å². The first kappa shape index (κ1) is 21.4. The number of aryl methyl sites for hydroxylation is 2. The number of aromatic amines is 1. The molecule has 9 heteroatoms. The Kier molecular flexibility index (Phi) is 6.07. The zero-order valence-corrected chi connectivity index (χ0v) is 18.1. The molecular weight excluding hydrogens is 413 g/mol. The Hall–Kier alpha value is -3.88. The number of ether oxygens (including phenoxy) is 1. The number of nitrogens with zero attached hydrogens (tertiary/aromatic N) is 2. The molecule has 0 aliphatic heterocycles. The summed E-state index contributed by atoms with van der Waals surface area (Å²) in [4.78, 5) is 22.9. The van der Waals surface area contributed by atoms with Crippen LogP contribution in [0.3, 0.4) is 0 Å². The number of hydrogen-bond acceptors (Lipinski definition) is 7. The van der Waals surface area contributed by atoms with Gasteiger partial charge in [-0.15, -0.1) is 0 Å². The van der Waals surface area contributed by atoms with Crippen molar-refractivity contribution < 1.29 is 13.5 Å². The quantitative estimate of drug-likeness (QED) is 0.320. The van der Waals surface area contributed by atoms with Crippen molar-refractivity contribution in [2.45, 2.75) is 33.6 Å². The van der Waals surface area contributed by atoms with Gasteiger partial charge < -0.3 is 19.8 Å². The van der Waals surface area contributed by atoms with Crippen molar-refractivity contribution in [3.63, 3.8) is 0 Å². The van der Waals surface area contributed by atoms with E-state index in [1.54, 1.807) is 43.5 Å². The summed E-state index contributed by atoms with van der Waals surface area (Å²) in [5.41, 5.74) is 3.71. The van der Waals surface area contributed by atoms with Crippen LogP contribution in [0.5, 0.6) is 5.75 Å². The van der Waals surface area contributed by atoms with Gasteiger partial charge in [-0.2, -0.15) is 4.98 Å². The SMILES string of the molecule is CCCCOc1cc(Nc2ncc(C)c(Nc3ccc4oc(=O)[nH]c4c3)n2)cc(C)c1F. The van der Waals surface area contributed by atoms with Gasteiger partial charge in [0, 0.05) is 29.2 Å². The minimum absolute atomic E-state index is 0.203. The van der Waals surface area contributed by atoms with E-state index in [-0.39, 0.29) is 11.6 Å². The molecule has 32 heavy (non-hydrogen) atoms. The number of hydrogen-bond donors (Lipinski definition) is 3. The summed E-state index contributed by atoms with van der Waals surface area (Å²) in [7, 11) is 0. The second kappa shape index (κ2) is 9.09. The lowest BCUT2D eigenvalue weighted by Crippen LogP contribution is -2.04. The van der Waals surface area contributed by atoms with E-state index in [0.717, 1.165) is 24.1 Å². The fraction of sp³-hybridized carbons (Fsp3) is 0.261. The Balaban J connectivity index is 1.56. The van der Waals surface area contributed by atoms with Gasteiger partial charge >= 0.3 is 5.76 Å². The zero-order chi connectivity index (χ0) is 22.7. The topological polar surface area (TPSA) is 105 Å². The number of oxazole rings is 1. The molecule has 4 aromatic rings. The lowest BCUT2D eigenvalue weighted by molar-refractivity contribution is 0.294. The first-order valence-corrected chi connectivity index (χ1v) is 10.4. The van der Waals surface area contributed by atoms with Gasteiger partial charge in [0.1, 0.15) is 5.82 Å². The fourth-order valence-corrected chi connectivity index (χ4v) is 3.17. The molecule has 0 spiro atoms. The van der Waals surface area contributed by atoms with Gasteiger partial charge in [-0.25, -0.2) is 14.2 Å². The van der Waals surface area contributed by atoms with Crippen LogP contribution in [0.1, 0.15) is 30.9 Å². The standard InChI is InChI=1S/C23H24FN5O3/c1-4-5-8-31-19-11-16(9-13(2)20(19)24)27-22-25-12-14(3)21(29-22)26-15-6-7-18-17(10-15)28-23(30)32-18/h6-7,9-12H,4-5,8H2,1-3H3,(H,28,30)(H2,25,26,27,29). The molecule has 0 radical (unpaired) electrons. The lowest BCUT2D eigenvalue weighted by Gasteiger charge is -2.13. The highest BCUT2D eigenvalue weighted by Gasteiger charge is 2.12. The van der Waals surface area contributed by atoms with Gasteiger partial charge in [-0.1, -0.05) is 13.3 Å². The van der Waals surface area contributed by atoms with Gasteiger partial charge in [-0.3, -0.25) is 4.98 Å². The molecule has 8 nitrogen and oxygen atoms in total. The van der Waals surface area contributed by atoms with E-state index >= 15 is 0 Å². The van der Waals surface area contributed by atoms with Crippen LogP contribution in [0, 0.1) is 19.7 Å². The highest BCUT2D eigenvalue weighted by molar-refractivity contribution is 5.78. The number of halogens is 1. The molecular formula is C23H24FN5O3. The summed E-state index contributed by atoms with van der Waals surface area (Å²) in [6.07, 6.45) is 3.50. The monoisotopic (exact) mass is 437 g/mol. The van der Waals surface area contributed by atoms with Crippen molar-refractivity contribution in [3.05, 3.63) is 64.0 Å². The molecule has 2 aromatic heterocycles. The van der Waals surface area contributed by atoms with Gasteiger partial charge in [0.25, 0.3) is 0 Å². The molecule has 0 amide bonds. The average Bonchev–Trinajstić information content (AvgIpc) is 3.13. The number of rotatable bonds is 8. The third kappa shape index (κ3) is 4.72. The number of benzene rings is 2. The minimum Gasteiger partial charge on any atom is -0.490 e. The van der Waals surface area contributed by atoms with E-state index in [2.05, 4.69) is 32.5 Å². The van der Waals surface area contributed by atoms with Crippen LogP contribution in [-0.4, -0.2) is 21.6 Å². The van der Waals surface area contributed by atoms with Crippen LogP contribution >= 0.6 is 0 Å². The molecule has 2 aromatic carbocycles. The maximum absolute atomic E-state index is 14.4. The Labute approximate surface area is 183 Å². The Morgan fingerprint density at radius 1 is 1.12 bits per heavy atom. The average molecular weight is 437 g/mol. The number of nitrogens with one attached hydrogen (secondary N) is 3. The van der Waals surface area contributed by atoms with E-state index in [1.165, 1.54) is 0 Å². The van der Waals surface area contributed by atoms with Crippen LogP contribution in [0.25, 0.3) is 11.1 Å². The van der Waals surface area contributed by atoms with Crippen LogP contribution in [0.15, 0.2) is 45.7 Å². The maximum Gasteiger partial charge on any atom is 0.417 e. The molecule has 3 N–H and O–H groups in total. The summed E-state index contributed by atoms with van der Waals surface area (Å²) < 4.78 is 25.0. The van der Waals surface area contributed by atoms with Crippen LogP contribution < -0.4 is 21.1 Å². The molecule has 166 valence electrons.